The summed E-state index contributed by atoms with van der Waals surface area (Å²) in [6.07, 6.45) is 3.45. The Morgan fingerprint density at radius 2 is 1.92 bits per heavy atom. The van der Waals surface area contributed by atoms with E-state index in [2.05, 4.69) is 4.90 Å². The van der Waals surface area contributed by atoms with Gasteiger partial charge in [-0.05, 0) is 26.0 Å². The number of ether oxygens (including phenoxy) is 2. The van der Waals surface area contributed by atoms with Crippen molar-refractivity contribution in [2.45, 2.75) is 20.0 Å². The minimum absolute atomic E-state index is 0.0107. The van der Waals surface area contributed by atoms with Gasteiger partial charge in [-0.15, -0.1) is 0 Å². The first-order chi connectivity index (χ1) is 12.0. The minimum atomic E-state index is -0.350. The molecule has 1 amide bonds. The van der Waals surface area contributed by atoms with E-state index in [9.17, 15) is 9.90 Å². The summed E-state index contributed by atoms with van der Waals surface area (Å²) in [5, 5.41) is 9.49. The lowest BCUT2D eigenvalue weighted by Crippen LogP contribution is -2.50. The number of amides is 1. The van der Waals surface area contributed by atoms with Crippen molar-refractivity contribution in [3.63, 3.8) is 0 Å². The summed E-state index contributed by atoms with van der Waals surface area (Å²) in [6, 6.07) is 3.57. The van der Waals surface area contributed by atoms with Crippen LogP contribution in [-0.2, 0) is 0 Å². The predicted octanol–water partition coefficient (Wildman–Crippen LogP) is 1.88. The highest BCUT2D eigenvalue weighted by atomic mass is 16.5. The van der Waals surface area contributed by atoms with Crippen LogP contribution in [0.3, 0.4) is 0 Å². The van der Waals surface area contributed by atoms with Gasteiger partial charge in [0.15, 0.2) is 11.5 Å². The summed E-state index contributed by atoms with van der Waals surface area (Å²) >= 11 is 0. The number of β-amino-alcohol motifs (C(OH)–C–C–N with tert-alkyl or cyclic N) is 1. The number of hydrogen-bond acceptors (Lipinski definition) is 5. The molecule has 1 fully saturated rings. The maximum atomic E-state index is 12.9. The van der Waals surface area contributed by atoms with Crippen molar-refractivity contribution in [1.29, 1.82) is 0 Å². The Hall–Kier alpha value is -2.05. The molecular weight excluding hydrogens is 320 g/mol. The highest BCUT2D eigenvalue weighted by Gasteiger charge is 2.24. The van der Waals surface area contributed by atoms with Gasteiger partial charge in [0.25, 0.3) is 5.91 Å². The van der Waals surface area contributed by atoms with Crippen LogP contribution in [0.4, 0.5) is 0 Å². The molecule has 1 aromatic carbocycles. The maximum Gasteiger partial charge on any atom is 0.254 e. The van der Waals surface area contributed by atoms with Crippen LogP contribution in [0, 0.1) is 0 Å². The Labute approximate surface area is 149 Å². The molecule has 1 saturated heterocycles. The first kappa shape index (κ1) is 19.3. The van der Waals surface area contributed by atoms with Gasteiger partial charge in [-0.25, -0.2) is 0 Å². The largest absolute Gasteiger partial charge is 0.493 e. The average molecular weight is 348 g/mol. The van der Waals surface area contributed by atoms with Gasteiger partial charge in [-0.3, -0.25) is 9.69 Å². The van der Waals surface area contributed by atoms with Gasteiger partial charge in [-0.2, -0.15) is 0 Å². The molecule has 1 atom stereocenters. The van der Waals surface area contributed by atoms with Crippen molar-refractivity contribution in [1.82, 2.24) is 9.80 Å². The quantitative estimate of drug-likeness (QED) is 0.850. The predicted molar refractivity (Wildman–Crippen MR) is 98.3 cm³/mol. The average Bonchev–Trinajstić information content (AvgIpc) is 2.60. The van der Waals surface area contributed by atoms with Crippen molar-refractivity contribution in [2.75, 3.05) is 46.9 Å². The van der Waals surface area contributed by atoms with Crippen LogP contribution in [0.5, 0.6) is 11.5 Å². The Bertz CT molecular complexity index is 620. The lowest BCUT2D eigenvalue weighted by molar-refractivity contribution is 0.0554. The van der Waals surface area contributed by atoms with E-state index in [1.807, 2.05) is 30.0 Å². The molecule has 0 bridgehead atoms. The molecule has 0 saturated carbocycles. The van der Waals surface area contributed by atoms with Crippen molar-refractivity contribution < 1.29 is 19.4 Å². The first-order valence-electron chi connectivity index (χ1n) is 8.58. The molecule has 0 aromatic heterocycles. The second kappa shape index (κ2) is 8.87. The summed E-state index contributed by atoms with van der Waals surface area (Å²) in [5.41, 5.74) is 1.41. The van der Waals surface area contributed by atoms with Crippen molar-refractivity contribution >= 4 is 12.0 Å². The molecule has 1 heterocycles. The number of aliphatic hydroxyl groups excluding tert-OH is 1. The lowest BCUT2D eigenvalue weighted by atomic mass is 10.1. The smallest absolute Gasteiger partial charge is 0.254 e. The van der Waals surface area contributed by atoms with Crippen LogP contribution in [0.15, 0.2) is 18.2 Å². The Kier molecular flexibility index (Phi) is 6.84. The molecule has 0 radical (unpaired) electrons. The van der Waals surface area contributed by atoms with E-state index >= 15 is 0 Å². The highest BCUT2D eigenvalue weighted by Crippen LogP contribution is 2.34. The van der Waals surface area contributed by atoms with E-state index in [1.165, 1.54) is 0 Å². The fraction of sp³-hybridized carbons (Fsp3) is 0.526. The number of carbonyl (C=O) groups is 1. The summed E-state index contributed by atoms with van der Waals surface area (Å²) < 4.78 is 10.8. The number of benzene rings is 1. The Morgan fingerprint density at radius 1 is 1.24 bits per heavy atom. The van der Waals surface area contributed by atoms with E-state index in [0.717, 1.165) is 18.7 Å². The van der Waals surface area contributed by atoms with Crippen molar-refractivity contribution in [3.8, 4) is 11.5 Å². The summed E-state index contributed by atoms with van der Waals surface area (Å²) in [7, 11) is 3.16. The highest BCUT2D eigenvalue weighted by molar-refractivity contribution is 5.96. The van der Waals surface area contributed by atoms with Gasteiger partial charge >= 0.3 is 0 Å². The van der Waals surface area contributed by atoms with Gasteiger partial charge in [0, 0.05) is 43.9 Å². The minimum Gasteiger partial charge on any atom is -0.493 e. The van der Waals surface area contributed by atoms with Crippen molar-refractivity contribution in [3.05, 3.63) is 29.3 Å². The van der Waals surface area contributed by atoms with E-state index < -0.39 is 0 Å². The number of nitrogens with zero attached hydrogens (tertiary/aromatic N) is 2. The molecule has 138 valence electrons. The standard InChI is InChI=1S/C19H28N2O4/c1-5-6-15-11-16(12-17(24-3)18(15)25-4)19(23)21-9-7-20(8-10-21)13-14(2)22/h5-6,11-12,14,22H,7-10,13H2,1-4H3/b6-5+/t14-/m1/s1. The normalized spacial score (nSPS) is 16.9. The van der Waals surface area contributed by atoms with Gasteiger partial charge < -0.3 is 19.5 Å². The van der Waals surface area contributed by atoms with Crippen LogP contribution >= 0.6 is 0 Å². The lowest BCUT2D eigenvalue weighted by Gasteiger charge is -2.35. The molecule has 2 rings (SSSR count). The second-order valence-electron chi connectivity index (χ2n) is 6.24. The summed E-state index contributed by atoms with van der Waals surface area (Å²) in [4.78, 5) is 16.9. The molecule has 1 aromatic rings. The van der Waals surface area contributed by atoms with Crippen LogP contribution in [-0.4, -0.2) is 73.9 Å². The molecule has 6 heteroatoms. The number of piperazine rings is 1. The third kappa shape index (κ3) is 4.74. The SMILES string of the molecule is C/C=C/c1cc(C(=O)N2CCN(C[C@@H](C)O)CC2)cc(OC)c1OC. The third-order valence-corrected chi connectivity index (χ3v) is 4.28. The third-order valence-electron chi connectivity index (χ3n) is 4.28. The zero-order valence-electron chi connectivity index (χ0n) is 15.5. The fourth-order valence-corrected chi connectivity index (χ4v) is 3.11. The number of methoxy groups -OCH3 is 2. The van der Waals surface area contributed by atoms with Gasteiger partial charge in [0.1, 0.15) is 0 Å². The number of allylic oxidation sites excluding steroid dienone is 1. The van der Waals surface area contributed by atoms with Crippen molar-refractivity contribution in [2.24, 2.45) is 0 Å². The molecule has 1 N–H and O–H groups in total. The molecule has 0 spiro atoms. The van der Waals surface area contributed by atoms with Crippen LogP contribution in [0.25, 0.3) is 6.08 Å². The van der Waals surface area contributed by atoms with E-state index in [1.54, 1.807) is 27.2 Å². The zero-order chi connectivity index (χ0) is 18.4. The molecule has 1 aliphatic rings. The van der Waals surface area contributed by atoms with Crippen LogP contribution in [0.1, 0.15) is 29.8 Å². The van der Waals surface area contributed by atoms with E-state index in [-0.39, 0.29) is 12.0 Å². The Morgan fingerprint density at radius 3 is 2.44 bits per heavy atom. The zero-order valence-corrected chi connectivity index (χ0v) is 15.5. The Balaban J connectivity index is 2.18. The summed E-state index contributed by atoms with van der Waals surface area (Å²) in [5.74, 6) is 1.16. The van der Waals surface area contributed by atoms with E-state index in [0.29, 0.717) is 36.7 Å². The van der Waals surface area contributed by atoms with Crippen LogP contribution in [0.2, 0.25) is 0 Å². The fourth-order valence-electron chi connectivity index (χ4n) is 3.11. The topological polar surface area (TPSA) is 62.2 Å². The molecule has 25 heavy (non-hydrogen) atoms. The maximum absolute atomic E-state index is 12.9. The molecule has 0 unspecified atom stereocenters. The monoisotopic (exact) mass is 348 g/mol. The van der Waals surface area contributed by atoms with Gasteiger partial charge in [0.05, 0.1) is 20.3 Å². The first-order valence-corrected chi connectivity index (χ1v) is 8.58. The molecular formula is C19H28N2O4. The molecule has 6 nitrogen and oxygen atoms in total. The number of hydrogen-bond donors (Lipinski definition) is 1. The molecule has 0 aliphatic carbocycles. The van der Waals surface area contributed by atoms with Gasteiger partial charge in [-0.1, -0.05) is 12.2 Å². The summed E-state index contributed by atoms with van der Waals surface area (Å²) in [6.45, 7) is 7.19. The molecule has 1 aliphatic heterocycles. The number of aliphatic hydroxyl groups is 1. The van der Waals surface area contributed by atoms with E-state index in [4.69, 9.17) is 9.47 Å². The van der Waals surface area contributed by atoms with Crippen LogP contribution < -0.4 is 9.47 Å². The second-order valence-corrected chi connectivity index (χ2v) is 6.24. The van der Waals surface area contributed by atoms with Gasteiger partial charge in [0.2, 0.25) is 0 Å². The number of rotatable bonds is 6. The number of carbonyl (C=O) groups excluding carboxylic acids is 1.